The minimum absolute atomic E-state index is 0.0146. The Morgan fingerprint density at radius 3 is 1.91 bits per heavy atom. The number of hydrogen-bond acceptors (Lipinski definition) is 16. The average Bonchev–Trinajstić information content (AvgIpc) is 4.31. The lowest BCUT2D eigenvalue weighted by molar-refractivity contribution is -0.368. The Morgan fingerprint density at radius 1 is 0.683 bits per heavy atom. The van der Waals surface area contributed by atoms with Crippen molar-refractivity contribution >= 4 is 103 Å². The number of carbonyl (C=O) groups is 12. The molecule has 1 aliphatic rings. The van der Waals surface area contributed by atoms with Crippen LogP contribution in [0, 0.1) is 11.8 Å². The number of imidazole rings is 1. The van der Waals surface area contributed by atoms with Gasteiger partial charge in [0.2, 0.25) is 65.0 Å². The van der Waals surface area contributed by atoms with E-state index >= 15 is 0 Å². The van der Waals surface area contributed by atoms with Crippen LogP contribution >= 0.6 is 21.6 Å². The van der Waals surface area contributed by atoms with Crippen molar-refractivity contribution in [3.05, 3.63) is 54.2 Å². The van der Waals surface area contributed by atoms with E-state index in [9.17, 15) is 62.6 Å². The number of nitrogens with one attached hydrogen (secondary N) is 11. The van der Waals surface area contributed by atoms with E-state index in [1.807, 2.05) is 0 Å². The number of unbranched alkanes of at least 4 members (excludes halogenated alkanes) is 1. The first-order chi connectivity index (χ1) is 38.9. The van der Waals surface area contributed by atoms with Crippen LogP contribution in [0.15, 0.2) is 43.0 Å². The predicted octanol–water partition coefficient (Wildman–Crippen LogP) is -4.27. The number of hydrogen-bond donors (Lipinski definition) is 16. The average molecular weight is 1190 g/mol. The maximum absolute atomic E-state index is 14.4. The number of carboxylic acid groups (broad SMARTS) is 1. The van der Waals surface area contributed by atoms with Crippen LogP contribution in [-0.4, -0.2) is 170 Å². The number of amides is 11. The number of rotatable bonds is 17. The van der Waals surface area contributed by atoms with Crippen LogP contribution in [0.4, 0.5) is 0 Å². The van der Waals surface area contributed by atoms with Crippen LogP contribution in [0.1, 0.15) is 83.9 Å². The number of para-hydroxylation sites is 1. The summed E-state index contributed by atoms with van der Waals surface area (Å²) in [5, 5.41) is 33.1. The van der Waals surface area contributed by atoms with E-state index in [0.717, 1.165) is 21.6 Å². The maximum atomic E-state index is 14.4. The molecule has 3 heterocycles. The molecule has 0 bridgehead atoms. The van der Waals surface area contributed by atoms with Gasteiger partial charge in [0.25, 0.3) is 0 Å². The summed E-state index contributed by atoms with van der Waals surface area (Å²) in [5.41, 5.74) is 23.0. The summed E-state index contributed by atoms with van der Waals surface area (Å²) in [5.74, 6) is -12.6. The minimum Gasteiger partial charge on any atom is -0.481 e. The van der Waals surface area contributed by atoms with Gasteiger partial charge in [-0.25, -0.2) is 4.98 Å². The summed E-state index contributed by atoms with van der Waals surface area (Å²) in [6.07, 6.45) is 2.92. The lowest BCUT2D eigenvalue weighted by atomic mass is 10.00. The molecular formula is C51H77N16O13S2+. The molecule has 1 fully saturated rings. The van der Waals surface area contributed by atoms with Crippen molar-refractivity contribution < 1.29 is 68.4 Å². The number of H-pyrrole nitrogens is 2. The van der Waals surface area contributed by atoms with E-state index in [-0.39, 0.29) is 43.1 Å². The molecule has 9 atom stereocenters. The van der Waals surface area contributed by atoms with E-state index in [4.69, 9.17) is 17.2 Å². The van der Waals surface area contributed by atoms with Crippen LogP contribution in [0.25, 0.3) is 10.9 Å². The third-order valence-corrected chi connectivity index (χ3v) is 15.3. The molecule has 1 aliphatic heterocycles. The summed E-state index contributed by atoms with van der Waals surface area (Å²) in [6, 6.07) is -5.72. The van der Waals surface area contributed by atoms with Gasteiger partial charge in [-0.05, 0) is 55.6 Å². The number of nitrogens with zero attached hydrogens (tertiary/aromatic N) is 1. The highest BCUT2D eigenvalue weighted by atomic mass is 33.1. The zero-order valence-corrected chi connectivity index (χ0v) is 47.8. The van der Waals surface area contributed by atoms with Gasteiger partial charge in [-0.2, -0.15) is 0 Å². The van der Waals surface area contributed by atoms with Crippen molar-refractivity contribution in [2.45, 2.75) is 140 Å². The van der Waals surface area contributed by atoms with Crippen LogP contribution in [0.3, 0.4) is 0 Å². The largest absolute Gasteiger partial charge is 0.481 e. The van der Waals surface area contributed by atoms with Gasteiger partial charge in [-0.3, -0.25) is 57.5 Å². The van der Waals surface area contributed by atoms with Gasteiger partial charge in [-0.15, -0.1) is 0 Å². The number of aliphatic carboxylic acids is 1. The maximum Gasteiger partial charge on any atom is 0.303 e. The van der Waals surface area contributed by atoms with E-state index in [0.29, 0.717) is 41.5 Å². The summed E-state index contributed by atoms with van der Waals surface area (Å²) in [6.45, 7) is 6.36. The van der Waals surface area contributed by atoms with E-state index in [2.05, 4.69) is 68.5 Å². The second-order valence-corrected chi connectivity index (χ2v) is 23.0. The van der Waals surface area contributed by atoms with E-state index < -0.39 is 157 Å². The van der Waals surface area contributed by atoms with Crippen molar-refractivity contribution in [3.8, 4) is 0 Å². The zero-order chi connectivity index (χ0) is 60.6. The van der Waals surface area contributed by atoms with Crippen LogP contribution in [0.5, 0.6) is 0 Å². The number of carboxylic acids is 1. The van der Waals surface area contributed by atoms with Crippen molar-refractivity contribution in [3.63, 3.8) is 0 Å². The molecule has 29 nitrogen and oxygen atoms in total. The molecule has 4 rings (SSSR count). The fraction of sp³-hybridized carbons (Fsp3) is 0.549. The molecule has 82 heavy (non-hydrogen) atoms. The lowest BCUT2D eigenvalue weighted by Crippen LogP contribution is -2.60. The molecule has 0 radical (unpaired) electrons. The lowest BCUT2D eigenvalue weighted by Gasteiger charge is -2.28. The molecule has 0 aliphatic carbocycles. The molecule has 11 amide bonds. The minimum atomic E-state index is -1.73. The molecule has 31 heteroatoms. The Kier molecular flexibility index (Phi) is 27.0. The topological polar surface area (TPSA) is 484 Å². The molecule has 1 saturated heterocycles. The van der Waals surface area contributed by atoms with E-state index in [1.165, 1.54) is 12.5 Å². The highest BCUT2D eigenvalue weighted by molar-refractivity contribution is 8.76. The Morgan fingerprint density at radius 2 is 1.28 bits per heavy atom. The number of carbonyl (C=O) groups excluding carboxylic acids is 11. The van der Waals surface area contributed by atoms with Gasteiger partial charge >= 0.3 is 5.97 Å². The quantitative estimate of drug-likeness (QED) is 0.0449. The number of benzene rings is 1. The number of aromatic nitrogens is 3. The summed E-state index contributed by atoms with van der Waals surface area (Å²) in [7, 11) is 2.08. The van der Waals surface area contributed by atoms with Crippen molar-refractivity contribution in [2.75, 3.05) is 24.6 Å². The Balaban J connectivity index is 1.74. The molecule has 2 aromatic heterocycles. The number of primary amides is 2. The number of fused-ring (bicyclic) bond motifs is 1. The number of quaternary nitrogens is 1. The monoisotopic (exact) mass is 1190 g/mol. The van der Waals surface area contributed by atoms with Crippen molar-refractivity contribution in [2.24, 2.45) is 29.0 Å². The molecule has 0 spiro atoms. The first-order valence-electron chi connectivity index (χ1n) is 26.7. The van der Waals surface area contributed by atoms with Crippen LogP contribution < -0.4 is 70.8 Å². The standard InChI is InChI=1S/C51H76N16O13S2/c1-25(2)15-34-47(76)64-36(17-28-20-56-24-59-28)49(78)66-38(43(55)72)23-82-81-22-30(53)44(73)67-42(26(3)4)51(80)65-35(16-27-19-57-31-10-6-5-9-29(27)31)48(77)62-33(12-13-41(70)71)45(74)58-21-40(69)60-37(18-39(54)68)50(79)61-32(46(75)63-34)11-7-8-14-52/h5-6,9-10,19-20,24-26,30,32-38,42,57H,7-8,11-18,21-23,52-53H2,1-4H3,(H2,54,68)(H2,55,72)(H,56,59)(H,58,74)(H,60,69)(H,61,79)(H,62,77)(H,63,75)(H,64,76)(H,65,80)(H,66,78)(H,67,73)(H,70,71)/p+1/t30-,32-,33-,34-,35-,36-,37-,38-,42-/m0/s1. The van der Waals surface area contributed by atoms with Gasteiger partial charge in [-0.1, -0.05) is 67.5 Å². The molecular weight excluding hydrogens is 1110 g/mol. The molecule has 21 N–H and O–H groups in total. The second-order valence-electron chi connectivity index (χ2n) is 20.4. The van der Waals surface area contributed by atoms with Crippen molar-refractivity contribution in [1.82, 2.24) is 62.8 Å². The molecule has 3 aromatic rings. The highest BCUT2D eigenvalue weighted by Gasteiger charge is 2.36. The van der Waals surface area contributed by atoms with Gasteiger partial charge in [0.05, 0.1) is 31.9 Å². The number of aromatic amines is 2. The summed E-state index contributed by atoms with van der Waals surface area (Å²) < 4.78 is 0. The smallest absolute Gasteiger partial charge is 0.303 e. The van der Waals surface area contributed by atoms with Gasteiger partial charge in [0, 0.05) is 59.8 Å². The molecule has 0 unspecified atom stereocenters. The fourth-order valence-electron chi connectivity index (χ4n) is 8.46. The Bertz CT molecular complexity index is 2730. The number of nitrogens with two attached hydrogens (primary N) is 3. The third kappa shape index (κ3) is 21.9. The normalized spacial score (nSPS) is 24.2. The van der Waals surface area contributed by atoms with E-state index in [1.54, 1.807) is 58.2 Å². The zero-order valence-electron chi connectivity index (χ0n) is 46.1. The Hall–Kier alpha value is -7.77. The second kappa shape index (κ2) is 33.2. The van der Waals surface area contributed by atoms with Gasteiger partial charge in [0.15, 0.2) is 0 Å². The van der Waals surface area contributed by atoms with Crippen molar-refractivity contribution in [1.29, 1.82) is 0 Å². The Labute approximate surface area is 480 Å². The van der Waals surface area contributed by atoms with Crippen LogP contribution in [-0.2, 0) is 70.4 Å². The SMILES string of the molecule is CC(C)C[C@@H]1NC(=O)[C@H](CCCC[NH3+])NC(=O)[C@H](CC(N)=O)NC(=O)CNC(=O)[C@H](CCC(=O)O)NC(=O)[C@H](Cc2c[nH]c3ccccc23)NC(=O)[C@H](C(C)C)NC(=O)[C@@H](N)CSSC[C@@H](C(N)=O)NC(=O)[C@H](Cc2cnc[nH]2)NC1=O. The summed E-state index contributed by atoms with van der Waals surface area (Å²) in [4.78, 5) is 173. The predicted molar refractivity (Wildman–Crippen MR) is 301 cm³/mol. The first-order valence-corrected chi connectivity index (χ1v) is 29.2. The highest BCUT2D eigenvalue weighted by Crippen LogP contribution is 2.24. The molecule has 0 saturated carbocycles. The van der Waals surface area contributed by atoms with Gasteiger partial charge < -0.3 is 85.9 Å². The third-order valence-electron chi connectivity index (χ3n) is 12.9. The first kappa shape index (κ1) is 66.7. The van der Waals surface area contributed by atoms with Crippen LogP contribution in [0.2, 0.25) is 0 Å². The van der Waals surface area contributed by atoms with Gasteiger partial charge in [0.1, 0.15) is 48.3 Å². The fourth-order valence-corrected chi connectivity index (χ4v) is 10.8. The molecule has 1 aromatic carbocycles. The molecule has 450 valence electrons. The summed E-state index contributed by atoms with van der Waals surface area (Å²) >= 11 is 0.